The summed E-state index contributed by atoms with van der Waals surface area (Å²) in [6.07, 6.45) is 4.60. The van der Waals surface area contributed by atoms with E-state index in [-0.39, 0.29) is 5.97 Å². The molecule has 0 aliphatic carbocycles. The zero-order chi connectivity index (χ0) is 9.94. The van der Waals surface area contributed by atoms with Crippen molar-refractivity contribution >= 4 is 5.97 Å². The lowest BCUT2D eigenvalue weighted by Gasteiger charge is -1.85. The molecule has 0 saturated heterocycles. The molecule has 0 bridgehead atoms. The molecule has 0 fully saturated rings. The topological polar surface area (TPSA) is 26.3 Å². The van der Waals surface area contributed by atoms with Crippen molar-refractivity contribution in [3.63, 3.8) is 0 Å². The Morgan fingerprint density at radius 3 is 2.85 bits per heavy atom. The van der Waals surface area contributed by atoms with Crippen molar-refractivity contribution in [2.45, 2.75) is 26.7 Å². The van der Waals surface area contributed by atoms with Gasteiger partial charge in [0.25, 0.3) is 0 Å². The molecule has 2 nitrogen and oxygen atoms in total. The molecule has 0 amide bonds. The van der Waals surface area contributed by atoms with E-state index < -0.39 is 0 Å². The van der Waals surface area contributed by atoms with E-state index in [1.165, 1.54) is 19.3 Å². The van der Waals surface area contributed by atoms with Crippen molar-refractivity contribution in [2.75, 3.05) is 0 Å². The summed E-state index contributed by atoms with van der Waals surface area (Å²) in [5.74, 6) is 10.4. The third-order valence-electron chi connectivity index (χ3n) is 0.983. The van der Waals surface area contributed by atoms with E-state index in [1.54, 1.807) is 0 Å². The molecule has 0 radical (unpaired) electrons. The molecule has 0 spiro atoms. The van der Waals surface area contributed by atoms with Crippen molar-refractivity contribution in [1.82, 2.24) is 0 Å². The van der Waals surface area contributed by atoms with E-state index in [0.717, 1.165) is 12.8 Å². The first-order valence-electron chi connectivity index (χ1n) is 4.08. The molecule has 0 N–H and O–H groups in total. The van der Waals surface area contributed by atoms with Gasteiger partial charge in [0.1, 0.15) is 6.26 Å². The second-order valence-corrected chi connectivity index (χ2v) is 2.23. The van der Waals surface area contributed by atoms with Gasteiger partial charge in [-0.1, -0.05) is 18.8 Å². The molecular formula is C11H12O2. The Kier molecular flexibility index (Phi) is 7.34. The molecule has 0 rings (SSSR count). The van der Waals surface area contributed by atoms with E-state index in [4.69, 9.17) is 0 Å². The number of allylic oxidation sites excluding steroid dienone is 1. The second-order valence-electron chi connectivity index (χ2n) is 2.23. The summed E-state index contributed by atoms with van der Waals surface area (Å²) >= 11 is 0. The molecule has 0 unspecified atom stereocenters. The number of unbranched alkanes of at least 4 members (excludes halogenated alkanes) is 1. The Balaban J connectivity index is 3.68. The fraction of sp³-hybridized carbons (Fsp3) is 0.364. The Hall–Kier alpha value is -1.67. The highest BCUT2D eigenvalue weighted by atomic mass is 16.5. The van der Waals surface area contributed by atoms with Gasteiger partial charge in [-0.25, -0.2) is 0 Å². The highest BCUT2D eigenvalue weighted by Gasteiger charge is 1.81. The number of rotatable bonds is 2. The minimum absolute atomic E-state index is 0.352. The van der Waals surface area contributed by atoms with E-state index in [9.17, 15) is 4.79 Å². The molecule has 0 aromatic carbocycles. The van der Waals surface area contributed by atoms with Gasteiger partial charge < -0.3 is 4.74 Å². The third kappa shape index (κ3) is 10.3. The molecule has 0 atom stereocenters. The van der Waals surface area contributed by atoms with Crippen LogP contribution in [0.3, 0.4) is 0 Å². The lowest BCUT2D eigenvalue weighted by Crippen LogP contribution is -1.88. The molecule has 2 heteroatoms. The van der Waals surface area contributed by atoms with E-state index in [1.807, 2.05) is 0 Å². The van der Waals surface area contributed by atoms with Gasteiger partial charge in [-0.15, -0.1) is 0 Å². The predicted molar refractivity (Wildman–Crippen MR) is 51.4 cm³/mol. The van der Waals surface area contributed by atoms with Gasteiger partial charge in [-0.05, 0) is 18.3 Å². The van der Waals surface area contributed by atoms with Crippen LogP contribution >= 0.6 is 0 Å². The third-order valence-corrected chi connectivity index (χ3v) is 0.983. The van der Waals surface area contributed by atoms with Crippen LogP contribution in [-0.2, 0) is 9.53 Å². The van der Waals surface area contributed by atoms with Crippen LogP contribution in [0.25, 0.3) is 0 Å². The Labute approximate surface area is 79.0 Å². The molecule has 0 aliphatic heterocycles. The van der Waals surface area contributed by atoms with Crippen LogP contribution in [0, 0.1) is 23.7 Å². The first-order valence-corrected chi connectivity index (χ1v) is 4.08. The van der Waals surface area contributed by atoms with Gasteiger partial charge in [0.15, 0.2) is 0 Å². The van der Waals surface area contributed by atoms with Gasteiger partial charge >= 0.3 is 5.97 Å². The van der Waals surface area contributed by atoms with Crippen LogP contribution in [-0.4, -0.2) is 5.97 Å². The number of ether oxygens (including phenoxy) is 1. The average molecular weight is 176 g/mol. The van der Waals surface area contributed by atoms with Gasteiger partial charge in [-0.2, -0.15) is 0 Å². The summed E-state index contributed by atoms with van der Waals surface area (Å²) in [5.41, 5.74) is 0. The normalized spacial score (nSPS) is 8.15. The van der Waals surface area contributed by atoms with Crippen LogP contribution < -0.4 is 0 Å². The first kappa shape index (κ1) is 11.3. The second kappa shape index (κ2) is 8.43. The van der Waals surface area contributed by atoms with Crippen molar-refractivity contribution < 1.29 is 9.53 Å². The molecule has 0 aromatic heterocycles. The number of hydrogen-bond acceptors (Lipinski definition) is 2. The Morgan fingerprint density at radius 1 is 1.46 bits per heavy atom. The van der Waals surface area contributed by atoms with Crippen LogP contribution in [0.15, 0.2) is 12.3 Å². The van der Waals surface area contributed by atoms with Crippen LogP contribution in [0.2, 0.25) is 0 Å². The zero-order valence-electron chi connectivity index (χ0n) is 7.89. The Morgan fingerprint density at radius 2 is 2.23 bits per heavy atom. The summed E-state index contributed by atoms with van der Waals surface area (Å²) in [7, 11) is 0. The number of esters is 1. The summed E-state index contributed by atoms with van der Waals surface area (Å²) in [5, 5.41) is 0. The maximum Gasteiger partial charge on any atom is 0.307 e. The summed E-state index contributed by atoms with van der Waals surface area (Å²) in [6, 6.07) is 0. The zero-order valence-corrected chi connectivity index (χ0v) is 7.89. The fourth-order valence-corrected chi connectivity index (χ4v) is 0.473. The maximum absolute atomic E-state index is 10.3. The van der Waals surface area contributed by atoms with Gasteiger partial charge in [0.2, 0.25) is 0 Å². The van der Waals surface area contributed by atoms with Gasteiger partial charge in [0, 0.05) is 19.4 Å². The van der Waals surface area contributed by atoms with Crippen molar-refractivity contribution in [1.29, 1.82) is 0 Å². The Bertz CT molecular complexity index is 292. The quantitative estimate of drug-likeness (QED) is 0.365. The van der Waals surface area contributed by atoms with Crippen LogP contribution in [0.1, 0.15) is 26.7 Å². The van der Waals surface area contributed by atoms with E-state index in [0.29, 0.717) is 0 Å². The van der Waals surface area contributed by atoms with Crippen molar-refractivity contribution in [2.24, 2.45) is 0 Å². The lowest BCUT2D eigenvalue weighted by atomic mass is 10.3. The van der Waals surface area contributed by atoms with Crippen LogP contribution in [0.5, 0.6) is 0 Å². The molecule has 0 saturated carbocycles. The average Bonchev–Trinajstić information content (AvgIpc) is 2.09. The largest absolute Gasteiger partial charge is 0.434 e. The minimum Gasteiger partial charge on any atom is -0.434 e. The van der Waals surface area contributed by atoms with Crippen molar-refractivity contribution in [3.05, 3.63) is 12.3 Å². The predicted octanol–water partition coefficient (Wildman–Crippen LogP) is 1.87. The SMILES string of the molecule is CCCC#CC#C/C=C/OC(C)=O. The summed E-state index contributed by atoms with van der Waals surface area (Å²) in [6.45, 7) is 3.39. The smallest absolute Gasteiger partial charge is 0.307 e. The van der Waals surface area contributed by atoms with Crippen LogP contribution in [0.4, 0.5) is 0 Å². The summed E-state index contributed by atoms with van der Waals surface area (Å²) in [4.78, 5) is 10.3. The minimum atomic E-state index is -0.352. The maximum atomic E-state index is 10.3. The van der Waals surface area contributed by atoms with Gasteiger partial charge in [-0.3, -0.25) is 4.79 Å². The molecule has 68 valence electrons. The first-order chi connectivity index (χ1) is 6.27. The van der Waals surface area contributed by atoms with Gasteiger partial charge in [0.05, 0.1) is 0 Å². The molecule has 13 heavy (non-hydrogen) atoms. The summed E-state index contributed by atoms with van der Waals surface area (Å²) < 4.78 is 4.50. The van der Waals surface area contributed by atoms with E-state index >= 15 is 0 Å². The monoisotopic (exact) mass is 176 g/mol. The number of carbonyl (C=O) groups excluding carboxylic acids is 1. The lowest BCUT2D eigenvalue weighted by molar-refractivity contribution is -0.135. The van der Waals surface area contributed by atoms with Crippen molar-refractivity contribution in [3.8, 4) is 23.7 Å². The molecular weight excluding hydrogens is 164 g/mol. The molecule has 0 heterocycles. The number of hydrogen-bond donors (Lipinski definition) is 0. The standard InChI is InChI=1S/C11H12O2/c1-3-4-5-6-7-8-9-10-13-11(2)12/h9-10H,3-4H2,1-2H3/b10-9+. The highest BCUT2D eigenvalue weighted by molar-refractivity contribution is 5.66. The number of carbonyl (C=O) groups is 1. The fourth-order valence-electron chi connectivity index (χ4n) is 0.473. The molecule has 0 aromatic rings. The molecule has 0 aliphatic rings. The van der Waals surface area contributed by atoms with E-state index in [2.05, 4.69) is 35.3 Å². The highest BCUT2D eigenvalue weighted by Crippen LogP contribution is 1.80.